The van der Waals surface area contributed by atoms with E-state index >= 15 is 0 Å². The smallest absolute Gasteiger partial charge is 0.222 e. The fourth-order valence-electron chi connectivity index (χ4n) is 5.00. The van der Waals surface area contributed by atoms with E-state index in [1.165, 1.54) is 12.1 Å². The molecular formula is C23H33FN4O2. The average Bonchev–Trinajstić information content (AvgIpc) is 3.19. The minimum absolute atomic E-state index is 0.198. The van der Waals surface area contributed by atoms with E-state index < -0.39 is 0 Å². The van der Waals surface area contributed by atoms with Crippen LogP contribution in [-0.2, 0) is 9.59 Å². The number of amides is 2. The minimum atomic E-state index is -0.198. The number of carbonyl (C=O) groups excluding carboxylic acids is 2. The molecule has 4 rings (SSSR count). The Balaban J connectivity index is 1.21. The Kier molecular flexibility index (Phi) is 6.87. The van der Waals surface area contributed by atoms with Crippen LogP contribution in [-0.4, -0.2) is 84.9 Å². The Morgan fingerprint density at radius 2 is 1.77 bits per heavy atom. The van der Waals surface area contributed by atoms with Crippen molar-refractivity contribution in [2.24, 2.45) is 0 Å². The number of nitrogens with zero attached hydrogens (tertiary/aromatic N) is 4. The lowest BCUT2D eigenvalue weighted by Gasteiger charge is -2.44. The van der Waals surface area contributed by atoms with E-state index in [1.807, 2.05) is 21.9 Å². The van der Waals surface area contributed by atoms with Gasteiger partial charge in [-0.1, -0.05) is 0 Å². The van der Waals surface area contributed by atoms with E-state index in [0.717, 1.165) is 77.2 Å². The summed E-state index contributed by atoms with van der Waals surface area (Å²) in [5, 5.41) is 0. The van der Waals surface area contributed by atoms with Gasteiger partial charge in [-0.15, -0.1) is 0 Å². The second-order valence-electron chi connectivity index (χ2n) is 8.72. The average molecular weight is 417 g/mol. The first-order valence-electron chi connectivity index (χ1n) is 11.4. The molecule has 7 heteroatoms. The molecule has 0 unspecified atom stereocenters. The van der Waals surface area contributed by atoms with Crippen LogP contribution >= 0.6 is 0 Å². The zero-order valence-corrected chi connectivity index (χ0v) is 17.8. The van der Waals surface area contributed by atoms with Crippen molar-refractivity contribution >= 4 is 17.5 Å². The van der Waals surface area contributed by atoms with Gasteiger partial charge >= 0.3 is 0 Å². The van der Waals surface area contributed by atoms with E-state index in [9.17, 15) is 14.0 Å². The molecule has 0 aliphatic carbocycles. The number of anilines is 1. The summed E-state index contributed by atoms with van der Waals surface area (Å²) in [6.07, 6.45) is 5.11. The summed E-state index contributed by atoms with van der Waals surface area (Å²) in [7, 11) is 0. The number of hydrogen-bond donors (Lipinski definition) is 0. The number of hydrogen-bond acceptors (Lipinski definition) is 4. The highest BCUT2D eigenvalue weighted by Gasteiger charge is 2.30. The monoisotopic (exact) mass is 416 g/mol. The molecule has 3 fully saturated rings. The third-order valence-electron chi connectivity index (χ3n) is 6.76. The number of benzene rings is 1. The van der Waals surface area contributed by atoms with E-state index in [2.05, 4.69) is 9.80 Å². The molecule has 0 aromatic heterocycles. The lowest BCUT2D eigenvalue weighted by atomic mass is 10.0. The van der Waals surface area contributed by atoms with Gasteiger partial charge in [-0.2, -0.15) is 0 Å². The maximum Gasteiger partial charge on any atom is 0.222 e. The number of carbonyl (C=O) groups is 2. The number of likely N-dealkylation sites (tertiary alicyclic amines) is 2. The first kappa shape index (κ1) is 21.1. The van der Waals surface area contributed by atoms with Gasteiger partial charge in [-0.25, -0.2) is 4.39 Å². The highest BCUT2D eigenvalue weighted by atomic mass is 19.1. The molecular weight excluding hydrogens is 383 g/mol. The van der Waals surface area contributed by atoms with Crippen molar-refractivity contribution < 1.29 is 14.0 Å². The normalized spacial score (nSPS) is 23.3. The van der Waals surface area contributed by atoms with Crippen molar-refractivity contribution in [3.8, 4) is 0 Å². The predicted molar refractivity (Wildman–Crippen MR) is 115 cm³/mol. The van der Waals surface area contributed by atoms with E-state index in [0.29, 0.717) is 25.4 Å². The summed E-state index contributed by atoms with van der Waals surface area (Å²) < 4.78 is 13.2. The highest BCUT2D eigenvalue weighted by Crippen LogP contribution is 2.22. The lowest BCUT2D eigenvalue weighted by molar-refractivity contribution is -0.134. The summed E-state index contributed by atoms with van der Waals surface area (Å²) >= 11 is 0. The molecule has 30 heavy (non-hydrogen) atoms. The van der Waals surface area contributed by atoms with Gasteiger partial charge in [0.05, 0.1) is 0 Å². The molecule has 0 radical (unpaired) electrons. The van der Waals surface area contributed by atoms with Crippen molar-refractivity contribution in [1.82, 2.24) is 14.7 Å². The van der Waals surface area contributed by atoms with Gasteiger partial charge in [0.1, 0.15) is 5.82 Å². The summed E-state index contributed by atoms with van der Waals surface area (Å²) in [6, 6.07) is 7.17. The summed E-state index contributed by atoms with van der Waals surface area (Å²) in [5.41, 5.74) is 1.08. The molecule has 3 aliphatic rings. The second-order valence-corrected chi connectivity index (χ2v) is 8.72. The van der Waals surface area contributed by atoms with Gasteiger partial charge in [-0.3, -0.25) is 14.5 Å². The Bertz CT molecular complexity index is 733. The molecule has 0 saturated carbocycles. The molecule has 164 valence electrons. The zero-order valence-electron chi connectivity index (χ0n) is 17.8. The summed E-state index contributed by atoms with van der Waals surface area (Å²) in [5.74, 6) is 0.271. The van der Waals surface area contributed by atoms with Crippen molar-refractivity contribution in [2.75, 3.05) is 57.3 Å². The van der Waals surface area contributed by atoms with Crippen molar-refractivity contribution in [1.29, 1.82) is 0 Å². The number of piperidine rings is 1. The molecule has 2 amide bonds. The first-order valence-corrected chi connectivity index (χ1v) is 11.4. The van der Waals surface area contributed by atoms with E-state index in [-0.39, 0.29) is 17.6 Å². The Morgan fingerprint density at radius 3 is 2.47 bits per heavy atom. The maximum absolute atomic E-state index is 13.2. The zero-order chi connectivity index (χ0) is 20.9. The molecule has 1 atom stereocenters. The van der Waals surface area contributed by atoms with Crippen LogP contribution in [0.1, 0.15) is 38.5 Å². The quantitative estimate of drug-likeness (QED) is 0.714. The Labute approximate surface area is 178 Å². The molecule has 3 aliphatic heterocycles. The van der Waals surface area contributed by atoms with E-state index in [1.54, 1.807) is 0 Å². The van der Waals surface area contributed by atoms with Gasteiger partial charge in [0.2, 0.25) is 11.8 Å². The predicted octanol–water partition coefficient (Wildman–Crippen LogP) is 2.34. The summed E-state index contributed by atoms with van der Waals surface area (Å²) in [6.45, 7) is 7.05. The van der Waals surface area contributed by atoms with Gasteiger partial charge in [0.15, 0.2) is 0 Å². The topological polar surface area (TPSA) is 47.1 Å². The molecule has 3 heterocycles. The van der Waals surface area contributed by atoms with Crippen LogP contribution in [0.15, 0.2) is 24.3 Å². The maximum atomic E-state index is 13.2. The van der Waals surface area contributed by atoms with Gasteiger partial charge in [-0.05, 0) is 49.9 Å². The molecule has 1 aromatic rings. The fourth-order valence-corrected chi connectivity index (χ4v) is 5.00. The van der Waals surface area contributed by atoms with Crippen LogP contribution < -0.4 is 4.90 Å². The molecule has 6 nitrogen and oxygen atoms in total. The number of rotatable bonds is 6. The largest absolute Gasteiger partial charge is 0.369 e. The van der Waals surface area contributed by atoms with Crippen LogP contribution in [0.4, 0.5) is 10.1 Å². The Morgan fingerprint density at radius 1 is 1.00 bits per heavy atom. The van der Waals surface area contributed by atoms with E-state index in [4.69, 9.17) is 0 Å². The number of piperazine rings is 1. The van der Waals surface area contributed by atoms with Gasteiger partial charge in [0, 0.05) is 76.9 Å². The SMILES string of the molecule is O=C1CCCN1CCCC(=O)N1CCC[C@@H](N2CCN(c3ccc(F)cc3)CC2)C1. The number of halogens is 1. The fraction of sp³-hybridized carbons (Fsp3) is 0.652. The van der Waals surface area contributed by atoms with Crippen molar-refractivity contribution in [3.63, 3.8) is 0 Å². The van der Waals surface area contributed by atoms with Crippen LogP contribution in [0.5, 0.6) is 0 Å². The third-order valence-corrected chi connectivity index (χ3v) is 6.76. The molecule has 3 saturated heterocycles. The first-order chi connectivity index (χ1) is 14.6. The van der Waals surface area contributed by atoms with Crippen molar-refractivity contribution in [2.45, 2.75) is 44.6 Å². The van der Waals surface area contributed by atoms with Crippen LogP contribution in [0, 0.1) is 5.82 Å². The van der Waals surface area contributed by atoms with Crippen LogP contribution in [0.25, 0.3) is 0 Å². The van der Waals surface area contributed by atoms with Gasteiger partial charge in [0.25, 0.3) is 0 Å². The van der Waals surface area contributed by atoms with Crippen LogP contribution in [0.2, 0.25) is 0 Å². The molecule has 0 bridgehead atoms. The van der Waals surface area contributed by atoms with Crippen molar-refractivity contribution in [3.05, 3.63) is 30.1 Å². The molecule has 0 spiro atoms. The molecule has 1 aromatic carbocycles. The third kappa shape index (κ3) is 5.12. The Hall–Kier alpha value is -2.15. The molecule has 0 N–H and O–H groups in total. The summed E-state index contributed by atoms with van der Waals surface area (Å²) in [4.78, 5) is 33.2. The van der Waals surface area contributed by atoms with Crippen LogP contribution in [0.3, 0.4) is 0 Å². The second kappa shape index (κ2) is 9.77. The highest BCUT2D eigenvalue weighted by molar-refractivity contribution is 5.78. The van der Waals surface area contributed by atoms with Gasteiger partial charge < -0.3 is 14.7 Å². The minimum Gasteiger partial charge on any atom is -0.369 e. The standard InChI is InChI=1S/C23H33FN4O2/c24-19-7-9-20(10-8-19)25-14-16-26(17-15-25)21-4-1-13-28(18-21)23(30)6-3-12-27-11-2-5-22(27)29/h7-10,21H,1-6,11-18H2/t21-/m1/s1. The lowest BCUT2D eigenvalue weighted by Crippen LogP contribution is -2.55.